The summed E-state index contributed by atoms with van der Waals surface area (Å²) in [6, 6.07) is 10.6. The number of amides is 1. The Labute approximate surface area is 251 Å². The fourth-order valence-electron chi connectivity index (χ4n) is 3.41. The van der Waals surface area contributed by atoms with E-state index in [-0.39, 0.29) is 73.0 Å². The molecule has 1 aromatic carbocycles. The van der Waals surface area contributed by atoms with Gasteiger partial charge in [0.05, 0.1) is 43.4 Å². The molecule has 0 saturated carbocycles. The maximum Gasteiger partial charge on any atom is 0.263 e. The molecule has 236 valence electrons. The number of anilines is 1. The average Bonchev–Trinajstić information content (AvgIpc) is 2.99. The number of nitrogens with one attached hydrogen (secondary N) is 2. The lowest BCUT2D eigenvalue weighted by atomic mass is 10.2. The van der Waals surface area contributed by atoms with Crippen LogP contribution in [0.15, 0.2) is 53.6 Å². The summed E-state index contributed by atoms with van der Waals surface area (Å²) in [6.07, 6.45) is 2.81. The van der Waals surface area contributed by atoms with E-state index in [1.165, 1.54) is 37.4 Å². The number of rotatable bonds is 24. The molecule has 0 aliphatic rings. The van der Waals surface area contributed by atoms with Gasteiger partial charge in [0.2, 0.25) is 0 Å². The summed E-state index contributed by atoms with van der Waals surface area (Å²) in [5, 5.41) is 2.52. The standard InChI is InChI=1S/C29H39N3O10S/c1-23(33)21-41-17-15-40-14-6-8-26(35)22-42-18-16-39-13-5-7-25(34)20-31-29(36)24-11-12-28(30-19-24)32-43(37,38)27-9-3-2-4-10-27/h2-4,9-12,19H,5-8,13-18,20-22H2,1H3,(H,30,32)(H,31,36). The highest BCUT2D eigenvalue weighted by Gasteiger charge is 2.15. The Morgan fingerprint density at radius 1 is 0.744 bits per heavy atom. The normalized spacial score (nSPS) is 11.2. The minimum absolute atomic E-state index is 0.00911. The molecule has 0 aliphatic heterocycles. The molecule has 2 rings (SSSR count). The number of ketones is 3. The Morgan fingerprint density at radius 3 is 1.95 bits per heavy atom. The SMILES string of the molecule is CC(=O)COCCOCCCC(=O)COCCOCCCC(=O)CNC(=O)c1ccc(NS(=O)(=O)c2ccccc2)nc1. The quantitative estimate of drug-likeness (QED) is 0.164. The van der Waals surface area contributed by atoms with Gasteiger partial charge in [-0.2, -0.15) is 0 Å². The highest BCUT2D eigenvalue weighted by molar-refractivity contribution is 7.92. The monoisotopic (exact) mass is 621 g/mol. The minimum atomic E-state index is -3.80. The minimum Gasteiger partial charge on any atom is -0.379 e. The molecule has 0 aliphatic carbocycles. The van der Waals surface area contributed by atoms with Gasteiger partial charge in [0.1, 0.15) is 19.0 Å². The van der Waals surface area contributed by atoms with Crippen molar-refractivity contribution >= 4 is 39.1 Å². The molecule has 13 nitrogen and oxygen atoms in total. The fourth-order valence-corrected chi connectivity index (χ4v) is 4.44. The molecule has 43 heavy (non-hydrogen) atoms. The Balaban J connectivity index is 1.47. The maximum atomic E-state index is 12.4. The molecule has 0 saturated heterocycles. The predicted molar refractivity (Wildman–Crippen MR) is 156 cm³/mol. The summed E-state index contributed by atoms with van der Waals surface area (Å²) < 4.78 is 48.2. The van der Waals surface area contributed by atoms with Gasteiger partial charge < -0.3 is 24.3 Å². The van der Waals surface area contributed by atoms with Crippen LogP contribution >= 0.6 is 0 Å². The van der Waals surface area contributed by atoms with E-state index in [0.29, 0.717) is 45.7 Å². The number of nitrogens with zero attached hydrogens (tertiary/aromatic N) is 1. The summed E-state index contributed by atoms with van der Waals surface area (Å²) in [5.41, 5.74) is 0.179. The van der Waals surface area contributed by atoms with E-state index in [0.717, 1.165) is 0 Å². The van der Waals surface area contributed by atoms with Gasteiger partial charge >= 0.3 is 0 Å². The van der Waals surface area contributed by atoms with Gasteiger partial charge in [-0.3, -0.25) is 23.9 Å². The second kappa shape index (κ2) is 20.4. The zero-order chi connectivity index (χ0) is 31.3. The number of hydrogen-bond donors (Lipinski definition) is 2. The van der Waals surface area contributed by atoms with Crippen LogP contribution in [0.5, 0.6) is 0 Å². The fraction of sp³-hybridized carbons (Fsp3) is 0.483. The molecule has 0 fully saturated rings. The van der Waals surface area contributed by atoms with Gasteiger partial charge in [0, 0.05) is 32.3 Å². The van der Waals surface area contributed by atoms with Crippen molar-refractivity contribution in [1.29, 1.82) is 0 Å². The Morgan fingerprint density at radius 2 is 1.35 bits per heavy atom. The second-order valence-corrected chi connectivity index (χ2v) is 11.0. The van der Waals surface area contributed by atoms with Crippen molar-refractivity contribution in [1.82, 2.24) is 10.3 Å². The molecule has 2 aromatic rings. The van der Waals surface area contributed by atoms with E-state index in [2.05, 4.69) is 15.0 Å². The van der Waals surface area contributed by atoms with Gasteiger partial charge in [0.15, 0.2) is 17.3 Å². The summed E-state index contributed by atoms with van der Waals surface area (Å²) in [5.74, 6) is -0.708. The zero-order valence-electron chi connectivity index (χ0n) is 24.2. The van der Waals surface area contributed by atoms with E-state index in [1.807, 2.05) is 0 Å². The lowest BCUT2D eigenvalue weighted by Crippen LogP contribution is -2.29. The van der Waals surface area contributed by atoms with Crippen LogP contribution in [0.2, 0.25) is 0 Å². The van der Waals surface area contributed by atoms with Crippen LogP contribution in [-0.4, -0.2) is 96.1 Å². The molecule has 0 unspecified atom stereocenters. The van der Waals surface area contributed by atoms with Gasteiger partial charge in [-0.25, -0.2) is 13.4 Å². The van der Waals surface area contributed by atoms with E-state index in [4.69, 9.17) is 18.9 Å². The first-order valence-electron chi connectivity index (χ1n) is 13.8. The second-order valence-electron chi connectivity index (χ2n) is 9.35. The molecule has 0 atom stereocenters. The highest BCUT2D eigenvalue weighted by Crippen LogP contribution is 2.14. The molecule has 1 heterocycles. The Kier molecular flexibility index (Phi) is 16.9. The molecule has 2 N–H and O–H groups in total. The van der Waals surface area contributed by atoms with Crippen LogP contribution < -0.4 is 10.0 Å². The number of carbonyl (C=O) groups excluding carboxylic acids is 4. The summed E-state index contributed by atoms with van der Waals surface area (Å²) >= 11 is 0. The van der Waals surface area contributed by atoms with Crippen LogP contribution in [0, 0.1) is 0 Å². The number of sulfonamides is 1. The van der Waals surface area contributed by atoms with Crippen LogP contribution in [0.3, 0.4) is 0 Å². The van der Waals surface area contributed by atoms with Crippen molar-refractivity contribution in [2.45, 2.75) is 37.5 Å². The number of hydrogen-bond acceptors (Lipinski definition) is 11. The maximum absolute atomic E-state index is 12.4. The summed E-state index contributed by atoms with van der Waals surface area (Å²) in [7, 11) is -3.80. The molecular formula is C29H39N3O10S. The van der Waals surface area contributed by atoms with E-state index < -0.39 is 15.9 Å². The largest absolute Gasteiger partial charge is 0.379 e. The number of pyridine rings is 1. The van der Waals surface area contributed by atoms with Crippen LogP contribution in [0.1, 0.15) is 43.0 Å². The van der Waals surface area contributed by atoms with Crippen LogP contribution in [0.4, 0.5) is 5.82 Å². The Bertz CT molecular complexity index is 1260. The average molecular weight is 622 g/mol. The number of aromatic nitrogens is 1. The summed E-state index contributed by atoms with van der Waals surface area (Å²) in [6.45, 7) is 3.34. The van der Waals surface area contributed by atoms with Crippen molar-refractivity contribution in [2.24, 2.45) is 0 Å². The van der Waals surface area contributed by atoms with E-state index in [1.54, 1.807) is 18.2 Å². The molecule has 14 heteroatoms. The third-order valence-electron chi connectivity index (χ3n) is 5.57. The van der Waals surface area contributed by atoms with Crippen molar-refractivity contribution in [2.75, 3.05) is 64.1 Å². The smallest absolute Gasteiger partial charge is 0.263 e. The number of Topliss-reactive ketones (excluding diaryl/α,β-unsaturated/α-hetero) is 3. The van der Waals surface area contributed by atoms with Gasteiger partial charge in [0.25, 0.3) is 15.9 Å². The number of carbonyl (C=O) groups is 4. The molecule has 0 radical (unpaired) electrons. The molecule has 0 bridgehead atoms. The van der Waals surface area contributed by atoms with Crippen molar-refractivity contribution in [3.8, 4) is 0 Å². The van der Waals surface area contributed by atoms with Crippen molar-refractivity contribution in [3.63, 3.8) is 0 Å². The molecular weight excluding hydrogens is 582 g/mol. The lowest BCUT2D eigenvalue weighted by molar-refractivity contribution is -0.125. The first-order valence-corrected chi connectivity index (χ1v) is 15.3. The number of ether oxygens (including phenoxy) is 4. The van der Waals surface area contributed by atoms with Gasteiger partial charge in [-0.05, 0) is 44.0 Å². The van der Waals surface area contributed by atoms with Crippen LogP contribution in [-0.2, 0) is 43.4 Å². The first-order chi connectivity index (χ1) is 20.7. The Hall–Kier alpha value is -3.56. The van der Waals surface area contributed by atoms with E-state index in [9.17, 15) is 27.6 Å². The molecule has 1 aromatic heterocycles. The van der Waals surface area contributed by atoms with Gasteiger partial charge in [-0.1, -0.05) is 18.2 Å². The zero-order valence-corrected chi connectivity index (χ0v) is 25.1. The number of benzene rings is 1. The van der Waals surface area contributed by atoms with Gasteiger partial charge in [-0.15, -0.1) is 0 Å². The van der Waals surface area contributed by atoms with E-state index >= 15 is 0 Å². The van der Waals surface area contributed by atoms with Crippen molar-refractivity contribution in [3.05, 3.63) is 54.2 Å². The molecule has 1 amide bonds. The molecule has 0 spiro atoms. The first kappa shape index (κ1) is 35.6. The lowest BCUT2D eigenvalue weighted by Gasteiger charge is -2.08. The summed E-state index contributed by atoms with van der Waals surface area (Å²) in [4.78, 5) is 51.0. The highest BCUT2D eigenvalue weighted by atomic mass is 32.2. The predicted octanol–water partition coefficient (Wildman–Crippen LogP) is 1.97. The van der Waals surface area contributed by atoms with Crippen molar-refractivity contribution < 1.29 is 46.5 Å². The third-order valence-corrected chi connectivity index (χ3v) is 6.94. The van der Waals surface area contributed by atoms with Crippen LogP contribution in [0.25, 0.3) is 0 Å². The topological polar surface area (TPSA) is 176 Å². The third kappa shape index (κ3) is 16.0.